The third-order valence-corrected chi connectivity index (χ3v) is 9.87. The summed E-state index contributed by atoms with van der Waals surface area (Å²) in [6, 6.07) is 14.9. The first kappa shape index (κ1) is 27.2. The minimum absolute atomic E-state index is 0.0742. The van der Waals surface area contributed by atoms with Gasteiger partial charge in [0.2, 0.25) is 10.0 Å². The highest BCUT2D eigenvalue weighted by Gasteiger charge is 2.32. The molecule has 0 saturated heterocycles. The normalized spacial score (nSPS) is 21.4. The van der Waals surface area contributed by atoms with Gasteiger partial charge in [-0.05, 0) is 92.7 Å². The van der Waals surface area contributed by atoms with E-state index in [1.165, 1.54) is 37.7 Å². The molecule has 0 N–H and O–H groups in total. The summed E-state index contributed by atoms with van der Waals surface area (Å²) < 4.78 is 34.5. The molecular formula is C29H38ClNO4S. The van der Waals surface area contributed by atoms with Gasteiger partial charge in [-0.1, -0.05) is 55.1 Å². The molecular weight excluding hydrogens is 494 g/mol. The van der Waals surface area contributed by atoms with E-state index in [1.807, 2.05) is 31.2 Å². The maximum Gasteiger partial charge on any atom is 0.308 e. The van der Waals surface area contributed by atoms with Gasteiger partial charge in [-0.3, -0.25) is 4.79 Å². The molecule has 2 aliphatic rings. The zero-order valence-corrected chi connectivity index (χ0v) is 22.8. The van der Waals surface area contributed by atoms with E-state index < -0.39 is 10.0 Å². The van der Waals surface area contributed by atoms with E-state index in [1.54, 1.807) is 28.6 Å². The fraction of sp³-hybridized carbons (Fsp3) is 0.552. The predicted molar refractivity (Wildman–Crippen MR) is 143 cm³/mol. The van der Waals surface area contributed by atoms with Gasteiger partial charge in [0.05, 0.1) is 17.4 Å². The number of hydrogen-bond acceptors (Lipinski definition) is 4. The quantitative estimate of drug-likeness (QED) is 0.328. The molecule has 0 atom stereocenters. The van der Waals surface area contributed by atoms with Crippen molar-refractivity contribution < 1.29 is 17.9 Å². The number of carbonyl (C=O) groups excluding carboxylic acids is 1. The lowest BCUT2D eigenvalue weighted by Gasteiger charge is -2.32. The van der Waals surface area contributed by atoms with Crippen molar-refractivity contribution in [3.8, 4) is 0 Å². The van der Waals surface area contributed by atoms with Gasteiger partial charge in [-0.2, -0.15) is 4.31 Å². The van der Waals surface area contributed by atoms with Gasteiger partial charge >= 0.3 is 5.97 Å². The molecule has 196 valence electrons. The van der Waals surface area contributed by atoms with E-state index in [9.17, 15) is 13.2 Å². The third-order valence-electron chi connectivity index (χ3n) is 7.80. The van der Waals surface area contributed by atoms with Crippen molar-refractivity contribution >= 4 is 27.6 Å². The zero-order valence-electron chi connectivity index (χ0n) is 21.2. The number of halogens is 1. The van der Waals surface area contributed by atoms with E-state index >= 15 is 0 Å². The second-order valence-electron chi connectivity index (χ2n) is 10.3. The zero-order chi connectivity index (χ0) is 25.5. The van der Waals surface area contributed by atoms with Crippen LogP contribution in [0.4, 0.5) is 0 Å². The van der Waals surface area contributed by atoms with E-state index in [-0.39, 0.29) is 17.8 Å². The monoisotopic (exact) mass is 531 g/mol. The molecule has 2 aromatic carbocycles. The molecule has 2 fully saturated rings. The number of ether oxygens (including phenoxy) is 1. The Morgan fingerprint density at radius 3 is 2.17 bits per heavy atom. The van der Waals surface area contributed by atoms with Crippen LogP contribution in [0.3, 0.4) is 0 Å². The lowest BCUT2D eigenvalue weighted by Crippen LogP contribution is -2.37. The molecule has 0 unspecified atom stereocenters. The molecule has 0 aliphatic heterocycles. The van der Waals surface area contributed by atoms with Gasteiger partial charge in [0.25, 0.3) is 0 Å². The van der Waals surface area contributed by atoms with Crippen molar-refractivity contribution in [1.29, 1.82) is 0 Å². The van der Waals surface area contributed by atoms with Crippen LogP contribution in [0.2, 0.25) is 5.02 Å². The van der Waals surface area contributed by atoms with Crippen LogP contribution in [-0.2, 0) is 26.1 Å². The summed E-state index contributed by atoms with van der Waals surface area (Å²) in [4.78, 5) is 12.5. The van der Waals surface area contributed by atoms with Crippen LogP contribution in [0.25, 0.3) is 0 Å². The van der Waals surface area contributed by atoms with Crippen LogP contribution < -0.4 is 0 Å². The molecule has 0 aromatic heterocycles. The van der Waals surface area contributed by atoms with Gasteiger partial charge in [-0.25, -0.2) is 8.42 Å². The summed E-state index contributed by atoms with van der Waals surface area (Å²) in [6.45, 7) is 2.95. The van der Waals surface area contributed by atoms with Gasteiger partial charge in [0, 0.05) is 18.1 Å². The first-order valence-electron chi connectivity index (χ1n) is 13.4. The highest BCUT2D eigenvalue weighted by molar-refractivity contribution is 7.89. The Bertz CT molecular complexity index is 1090. The van der Waals surface area contributed by atoms with Crippen LogP contribution in [0, 0.1) is 11.8 Å². The molecule has 2 saturated carbocycles. The number of hydrogen-bond donors (Lipinski definition) is 0. The van der Waals surface area contributed by atoms with E-state index in [4.69, 9.17) is 16.3 Å². The fourth-order valence-corrected chi connectivity index (χ4v) is 7.30. The van der Waals surface area contributed by atoms with Gasteiger partial charge in [0.15, 0.2) is 0 Å². The molecule has 2 aromatic rings. The standard InChI is InChI=1S/C29H38ClNO4S/c1-2-35-29(32)26-12-8-22(9-13-26)20-31(21-23-10-16-27(30)17-11-23)36(33,34)28-18-14-25(15-19-28)24-6-4-3-5-7-24/h10-11,14-19,22,24,26H,2-9,12-13,20-21H2,1H3. The van der Waals surface area contributed by atoms with Crippen molar-refractivity contribution in [2.75, 3.05) is 13.2 Å². The van der Waals surface area contributed by atoms with E-state index in [2.05, 4.69) is 0 Å². The first-order chi connectivity index (χ1) is 17.4. The lowest BCUT2D eigenvalue weighted by molar-refractivity contribution is -0.149. The summed E-state index contributed by atoms with van der Waals surface area (Å²) in [5.41, 5.74) is 2.15. The maximum atomic E-state index is 13.8. The average Bonchev–Trinajstić information content (AvgIpc) is 2.90. The topological polar surface area (TPSA) is 63.7 Å². The smallest absolute Gasteiger partial charge is 0.308 e. The Labute approximate surface area is 221 Å². The van der Waals surface area contributed by atoms with E-state index in [0.29, 0.717) is 35.5 Å². The second-order valence-corrected chi connectivity index (χ2v) is 12.7. The summed E-state index contributed by atoms with van der Waals surface area (Å²) in [6.07, 6.45) is 9.28. The molecule has 7 heteroatoms. The molecule has 0 spiro atoms. The van der Waals surface area contributed by atoms with E-state index in [0.717, 1.165) is 31.2 Å². The molecule has 0 radical (unpaired) electrons. The van der Waals surface area contributed by atoms with Crippen molar-refractivity contribution in [2.45, 2.75) is 82.1 Å². The molecule has 0 heterocycles. The minimum atomic E-state index is -3.69. The van der Waals surface area contributed by atoms with Crippen LogP contribution >= 0.6 is 11.6 Å². The Kier molecular flexibility index (Phi) is 9.48. The highest BCUT2D eigenvalue weighted by atomic mass is 35.5. The highest BCUT2D eigenvalue weighted by Crippen LogP contribution is 2.34. The number of carbonyl (C=O) groups is 1. The molecule has 36 heavy (non-hydrogen) atoms. The largest absolute Gasteiger partial charge is 0.466 e. The number of sulfonamides is 1. The van der Waals surface area contributed by atoms with Crippen molar-refractivity contribution in [1.82, 2.24) is 4.31 Å². The maximum absolute atomic E-state index is 13.8. The number of esters is 1. The summed E-state index contributed by atoms with van der Waals surface area (Å²) >= 11 is 6.06. The summed E-state index contributed by atoms with van der Waals surface area (Å²) in [5.74, 6) is 0.545. The predicted octanol–water partition coefficient (Wildman–Crippen LogP) is 6.95. The Morgan fingerprint density at radius 1 is 0.917 bits per heavy atom. The Morgan fingerprint density at radius 2 is 1.56 bits per heavy atom. The fourth-order valence-electron chi connectivity index (χ4n) is 5.67. The summed E-state index contributed by atoms with van der Waals surface area (Å²) in [5, 5.41) is 0.628. The SMILES string of the molecule is CCOC(=O)C1CCC(CN(Cc2ccc(Cl)cc2)S(=O)(=O)c2ccc(C3CCCCC3)cc2)CC1. The molecule has 0 bridgehead atoms. The van der Waals surface area contributed by atoms with Crippen molar-refractivity contribution in [2.24, 2.45) is 11.8 Å². The van der Waals surface area contributed by atoms with Crippen LogP contribution in [-0.4, -0.2) is 31.8 Å². The van der Waals surface area contributed by atoms with Crippen LogP contribution in [0.15, 0.2) is 53.4 Å². The molecule has 5 nitrogen and oxygen atoms in total. The number of nitrogens with zero attached hydrogens (tertiary/aromatic N) is 1. The van der Waals surface area contributed by atoms with Crippen molar-refractivity contribution in [3.05, 3.63) is 64.7 Å². The molecule has 0 amide bonds. The molecule has 2 aliphatic carbocycles. The van der Waals surface area contributed by atoms with Crippen LogP contribution in [0.5, 0.6) is 0 Å². The lowest BCUT2D eigenvalue weighted by atomic mass is 9.82. The molecule has 4 rings (SSSR count). The minimum Gasteiger partial charge on any atom is -0.466 e. The average molecular weight is 532 g/mol. The Hall–Kier alpha value is -1.89. The second kappa shape index (κ2) is 12.6. The number of rotatable bonds is 9. The van der Waals surface area contributed by atoms with Crippen LogP contribution in [0.1, 0.15) is 81.8 Å². The van der Waals surface area contributed by atoms with Gasteiger partial charge in [0.1, 0.15) is 0 Å². The first-order valence-corrected chi connectivity index (χ1v) is 15.2. The summed E-state index contributed by atoms with van der Waals surface area (Å²) in [7, 11) is -3.69. The Balaban J connectivity index is 1.50. The van der Waals surface area contributed by atoms with Gasteiger partial charge < -0.3 is 4.74 Å². The third kappa shape index (κ3) is 6.90. The van der Waals surface area contributed by atoms with Crippen molar-refractivity contribution in [3.63, 3.8) is 0 Å². The number of benzene rings is 2. The van der Waals surface area contributed by atoms with Gasteiger partial charge in [-0.15, -0.1) is 0 Å².